The van der Waals surface area contributed by atoms with Crippen LogP contribution in [0.15, 0.2) is 0 Å². The zero-order valence-corrected chi connectivity index (χ0v) is 11.4. The number of halogens is 1. The predicted octanol–water partition coefficient (Wildman–Crippen LogP) is 0.458. The Hall–Kier alpha value is -1.63. The summed E-state index contributed by atoms with van der Waals surface area (Å²) in [4.78, 5) is 24.9. The third-order valence-electron chi connectivity index (χ3n) is 2.06. The molecule has 0 fully saturated rings. The topological polar surface area (TPSA) is 97.0 Å². The highest BCUT2D eigenvalue weighted by molar-refractivity contribution is 6.28. The number of nitrogen functional groups attached to an aromatic ring is 1. The second-order valence-electron chi connectivity index (χ2n) is 4.00. The van der Waals surface area contributed by atoms with E-state index in [0.29, 0.717) is 12.5 Å². The lowest BCUT2D eigenvalue weighted by molar-refractivity contribution is -0.120. The van der Waals surface area contributed by atoms with E-state index in [1.54, 1.807) is 4.90 Å². The van der Waals surface area contributed by atoms with Crippen molar-refractivity contribution >= 4 is 29.4 Å². The lowest BCUT2D eigenvalue weighted by atomic mass is 10.4. The molecule has 1 aromatic rings. The normalized spacial score (nSPS) is 10.5. The van der Waals surface area contributed by atoms with Crippen LogP contribution in [0.2, 0.25) is 5.28 Å². The van der Waals surface area contributed by atoms with Crippen molar-refractivity contribution in [2.45, 2.75) is 26.8 Å². The van der Waals surface area contributed by atoms with Crippen LogP contribution in [0, 0.1) is 0 Å². The van der Waals surface area contributed by atoms with Gasteiger partial charge in [0.05, 0.1) is 6.54 Å². The van der Waals surface area contributed by atoms with Crippen LogP contribution in [0.3, 0.4) is 0 Å². The molecule has 0 aliphatic heterocycles. The maximum Gasteiger partial charge on any atom is 0.239 e. The van der Waals surface area contributed by atoms with Crippen LogP contribution in [-0.4, -0.2) is 40.0 Å². The number of anilines is 2. The first kappa shape index (κ1) is 14.4. The number of carbonyl (C=O) groups is 1. The Labute approximate surface area is 111 Å². The average molecular weight is 273 g/mol. The Morgan fingerprint density at radius 1 is 1.44 bits per heavy atom. The van der Waals surface area contributed by atoms with E-state index in [1.165, 1.54) is 0 Å². The molecule has 1 aromatic heterocycles. The van der Waals surface area contributed by atoms with Crippen LogP contribution < -0.4 is 16.0 Å². The minimum Gasteiger partial charge on any atom is -0.368 e. The maximum atomic E-state index is 11.7. The van der Waals surface area contributed by atoms with Crippen LogP contribution >= 0.6 is 11.6 Å². The van der Waals surface area contributed by atoms with Gasteiger partial charge in [-0.25, -0.2) is 0 Å². The van der Waals surface area contributed by atoms with Gasteiger partial charge in [0.2, 0.25) is 23.1 Å². The molecular formula is C10H17ClN6O. The molecule has 1 amide bonds. The van der Waals surface area contributed by atoms with E-state index in [9.17, 15) is 4.79 Å². The third kappa shape index (κ3) is 4.33. The molecule has 0 aromatic carbocycles. The van der Waals surface area contributed by atoms with E-state index in [1.807, 2.05) is 20.8 Å². The minimum atomic E-state index is -0.109. The number of nitrogens with one attached hydrogen (secondary N) is 1. The van der Waals surface area contributed by atoms with E-state index in [2.05, 4.69) is 20.3 Å². The summed E-state index contributed by atoms with van der Waals surface area (Å²) in [6.45, 7) is 6.38. The highest BCUT2D eigenvalue weighted by Crippen LogP contribution is 2.11. The van der Waals surface area contributed by atoms with Gasteiger partial charge in [-0.15, -0.1) is 0 Å². The number of aromatic nitrogens is 3. The highest BCUT2D eigenvalue weighted by atomic mass is 35.5. The second-order valence-corrected chi connectivity index (χ2v) is 4.34. The van der Waals surface area contributed by atoms with Gasteiger partial charge in [-0.3, -0.25) is 4.79 Å². The molecule has 0 saturated carbocycles. The average Bonchev–Trinajstić information content (AvgIpc) is 2.23. The van der Waals surface area contributed by atoms with Crippen LogP contribution in [0.5, 0.6) is 0 Å². The zero-order valence-electron chi connectivity index (χ0n) is 10.6. The van der Waals surface area contributed by atoms with Crippen molar-refractivity contribution in [2.24, 2.45) is 0 Å². The Morgan fingerprint density at radius 2 is 2.11 bits per heavy atom. The summed E-state index contributed by atoms with van der Waals surface area (Å²) in [5, 5.41) is 2.80. The van der Waals surface area contributed by atoms with Gasteiger partial charge in [0, 0.05) is 12.6 Å². The summed E-state index contributed by atoms with van der Waals surface area (Å²) in [5.74, 6) is 0.226. The largest absolute Gasteiger partial charge is 0.368 e. The molecule has 8 heteroatoms. The molecule has 0 unspecified atom stereocenters. The Morgan fingerprint density at radius 3 is 2.61 bits per heavy atom. The van der Waals surface area contributed by atoms with Gasteiger partial charge in [-0.2, -0.15) is 15.0 Å². The van der Waals surface area contributed by atoms with Crippen molar-refractivity contribution in [3.8, 4) is 0 Å². The molecule has 7 nitrogen and oxygen atoms in total. The fourth-order valence-electron chi connectivity index (χ4n) is 1.36. The zero-order chi connectivity index (χ0) is 13.7. The number of carbonyl (C=O) groups excluding carboxylic acids is 1. The standard InChI is InChI=1S/C10H17ClN6O/c1-4-17(5-7(18)13-6(2)3)10-15-8(11)14-9(12)16-10/h6H,4-5H2,1-3H3,(H,13,18)(H2,12,14,15,16). The number of nitrogens with zero attached hydrogens (tertiary/aromatic N) is 4. The van der Waals surface area contributed by atoms with Gasteiger partial charge < -0.3 is 16.0 Å². The summed E-state index contributed by atoms with van der Waals surface area (Å²) in [7, 11) is 0. The van der Waals surface area contributed by atoms with E-state index >= 15 is 0 Å². The van der Waals surface area contributed by atoms with Crippen molar-refractivity contribution in [1.29, 1.82) is 0 Å². The number of hydrogen-bond donors (Lipinski definition) is 2. The molecule has 0 saturated heterocycles. The molecule has 1 heterocycles. The predicted molar refractivity (Wildman–Crippen MR) is 70.4 cm³/mol. The molecule has 0 aliphatic carbocycles. The number of rotatable bonds is 5. The van der Waals surface area contributed by atoms with Crippen molar-refractivity contribution in [3.05, 3.63) is 5.28 Å². The van der Waals surface area contributed by atoms with Crippen molar-refractivity contribution in [3.63, 3.8) is 0 Å². The first-order valence-corrected chi connectivity index (χ1v) is 6.01. The van der Waals surface area contributed by atoms with E-state index < -0.39 is 0 Å². The van der Waals surface area contributed by atoms with Crippen molar-refractivity contribution in [2.75, 3.05) is 23.7 Å². The second kappa shape index (κ2) is 6.34. The van der Waals surface area contributed by atoms with Gasteiger partial charge in [0.1, 0.15) is 0 Å². The molecule has 18 heavy (non-hydrogen) atoms. The van der Waals surface area contributed by atoms with Gasteiger partial charge in [0.25, 0.3) is 0 Å². The molecule has 3 N–H and O–H groups in total. The molecular weight excluding hydrogens is 256 g/mol. The van der Waals surface area contributed by atoms with Crippen molar-refractivity contribution < 1.29 is 4.79 Å². The molecule has 0 aliphatic rings. The van der Waals surface area contributed by atoms with Gasteiger partial charge >= 0.3 is 0 Å². The first-order chi connectivity index (χ1) is 8.42. The molecule has 0 bridgehead atoms. The lowest BCUT2D eigenvalue weighted by Gasteiger charge is -2.20. The Bertz CT molecular complexity index is 405. The highest BCUT2D eigenvalue weighted by Gasteiger charge is 2.14. The molecule has 100 valence electrons. The SMILES string of the molecule is CCN(CC(=O)NC(C)C)c1nc(N)nc(Cl)n1. The number of nitrogens with two attached hydrogens (primary N) is 1. The minimum absolute atomic E-state index is 0.0141. The third-order valence-corrected chi connectivity index (χ3v) is 2.23. The first-order valence-electron chi connectivity index (χ1n) is 5.63. The number of likely N-dealkylation sites (N-methyl/N-ethyl adjacent to an activating group) is 1. The van der Waals surface area contributed by atoms with Crippen LogP contribution in [-0.2, 0) is 4.79 Å². The fraction of sp³-hybridized carbons (Fsp3) is 0.600. The quantitative estimate of drug-likeness (QED) is 0.808. The van der Waals surface area contributed by atoms with E-state index in [-0.39, 0.29) is 29.7 Å². The van der Waals surface area contributed by atoms with Gasteiger partial charge in [-0.1, -0.05) is 0 Å². The summed E-state index contributed by atoms with van der Waals surface area (Å²) in [6, 6.07) is 0.0863. The van der Waals surface area contributed by atoms with Crippen LogP contribution in [0.1, 0.15) is 20.8 Å². The Kier molecular flexibility index (Phi) is 5.08. The summed E-state index contributed by atoms with van der Waals surface area (Å²) >= 11 is 5.70. The molecule has 0 spiro atoms. The Balaban J connectivity index is 2.79. The van der Waals surface area contributed by atoms with Crippen LogP contribution in [0.4, 0.5) is 11.9 Å². The van der Waals surface area contributed by atoms with E-state index in [4.69, 9.17) is 17.3 Å². The fourth-order valence-corrected chi connectivity index (χ4v) is 1.52. The van der Waals surface area contributed by atoms with Crippen molar-refractivity contribution in [1.82, 2.24) is 20.3 Å². The van der Waals surface area contributed by atoms with Crippen LogP contribution in [0.25, 0.3) is 0 Å². The van der Waals surface area contributed by atoms with E-state index in [0.717, 1.165) is 0 Å². The summed E-state index contributed by atoms with van der Waals surface area (Å²) in [5.41, 5.74) is 5.49. The lowest BCUT2D eigenvalue weighted by Crippen LogP contribution is -2.40. The number of amides is 1. The molecule has 0 radical (unpaired) electrons. The van der Waals surface area contributed by atoms with Gasteiger partial charge in [-0.05, 0) is 32.4 Å². The van der Waals surface area contributed by atoms with Gasteiger partial charge in [0.15, 0.2) is 0 Å². The smallest absolute Gasteiger partial charge is 0.239 e. The maximum absolute atomic E-state index is 11.7. The monoisotopic (exact) mass is 272 g/mol. The molecule has 1 rings (SSSR count). The summed E-state index contributed by atoms with van der Waals surface area (Å²) < 4.78 is 0. The summed E-state index contributed by atoms with van der Waals surface area (Å²) in [6.07, 6.45) is 0. The number of hydrogen-bond acceptors (Lipinski definition) is 6. The molecule has 0 atom stereocenters.